The number of nitrogens with one attached hydrogen (secondary N) is 1. The summed E-state index contributed by atoms with van der Waals surface area (Å²) >= 11 is 0. The number of aromatic nitrogens is 1. The van der Waals surface area contributed by atoms with Crippen LogP contribution in [0.2, 0.25) is 0 Å². The average molecular weight is 284 g/mol. The van der Waals surface area contributed by atoms with E-state index < -0.39 is 0 Å². The first-order valence-corrected chi connectivity index (χ1v) is 6.93. The monoisotopic (exact) mass is 284 g/mol. The van der Waals surface area contributed by atoms with E-state index in [1.807, 2.05) is 0 Å². The summed E-state index contributed by atoms with van der Waals surface area (Å²) in [5.74, 6) is 0. The van der Waals surface area contributed by atoms with Gasteiger partial charge in [0.15, 0.2) is 0 Å². The molecule has 2 amide bonds. The molecule has 1 saturated heterocycles. The summed E-state index contributed by atoms with van der Waals surface area (Å²) in [6.45, 7) is 10.1. The van der Waals surface area contributed by atoms with Crippen LogP contribution in [0.1, 0.15) is 18.0 Å². The number of carbonyl (C=O) groups excluding carboxylic acids is 1. The highest BCUT2D eigenvalue weighted by atomic mass is 16.2. The number of carbonyl (C=O) groups is 1. The van der Waals surface area contributed by atoms with Crippen LogP contribution < -0.4 is 5.32 Å². The van der Waals surface area contributed by atoms with E-state index in [1.54, 1.807) is 23.4 Å². The molecular weight excluding hydrogens is 268 g/mol. The maximum absolute atomic E-state index is 12.6. The number of nitrogens with zero attached hydrogens (tertiary/aromatic N) is 5. The number of piperazine rings is 1. The van der Waals surface area contributed by atoms with Gasteiger partial charge in [0, 0.05) is 51.2 Å². The molecule has 108 valence electrons. The van der Waals surface area contributed by atoms with Gasteiger partial charge in [-0.15, -0.1) is 0 Å². The molecule has 2 aliphatic rings. The molecule has 0 aliphatic carbocycles. The highest BCUT2D eigenvalue weighted by molar-refractivity contribution is 5.78. The largest absolute Gasteiger partial charge is 0.341 e. The van der Waals surface area contributed by atoms with Crippen LogP contribution in [-0.4, -0.2) is 53.3 Å². The Kier molecular flexibility index (Phi) is 3.79. The normalized spacial score (nSPS) is 21.4. The van der Waals surface area contributed by atoms with E-state index >= 15 is 0 Å². The first-order chi connectivity index (χ1) is 10.3. The summed E-state index contributed by atoms with van der Waals surface area (Å²) in [5.41, 5.74) is 1.33. The Morgan fingerprint density at radius 3 is 2.95 bits per heavy atom. The fourth-order valence-corrected chi connectivity index (χ4v) is 2.56. The Morgan fingerprint density at radius 1 is 1.38 bits per heavy atom. The van der Waals surface area contributed by atoms with Crippen LogP contribution >= 0.6 is 0 Å². The number of hydrogen-bond acceptors (Lipinski definition) is 4. The highest BCUT2D eigenvalue weighted by Crippen LogP contribution is 2.30. The molecule has 1 aromatic heterocycles. The van der Waals surface area contributed by atoms with Crippen molar-refractivity contribution in [3.05, 3.63) is 35.4 Å². The van der Waals surface area contributed by atoms with E-state index in [-0.39, 0.29) is 12.1 Å². The molecule has 7 nitrogen and oxygen atoms in total. The minimum atomic E-state index is -0.165. The molecule has 1 N–H and O–H groups in total. The maximum atomic E-state index is 12.6. The molecule has 0 bridgehead atoms. The Hall–Kier alpha value is -2.46. The van der Waals surface area contributed by atoms with Crippen molar-refractivity contribution in [3.8, 4) is 0 Å². The van der Waals surface area contributed by atoms with Crippen LogP contribution in [0.5, 0.6) is 0 Å². The van der Waals surface area contributed by atoms with Gasteiger partial charge < -0.3 is 10.2 Å². The zero-order valence-corrected chi connectivity index (χ0v) is 11.6. The van der Waals surface area contributed by atoms with Crippen LogP contribution in [0.4, 0.5) is 10.5 Å². The number of rotatable bonds is 1. The van der Waals surface area contributed by atoms with Gasteiger partial charge in [-0.3, -0.25) is 4.98 Å². The van der Waals surface area contributed by atoms with E-state index in [1.165, 1.54) is 11.2 Å². The molecule has 0 aromatic carbocycles. The fourth-order valence-electron chi connectivity index (χ4n) is 2.56. The molecule has 0 radical (unpaired) electrons. The van der Waals surface area contributed by atoms with E-state index in [9.17, 15) is 4.79 Å². The van der Waals surface area contributed by atoms with Crippen molar-refractivity contribution >= 4 is 17.9 Å². The lowest BCUT2D eigenvalue weighted by molar-refractivity contribution is 0.136. The molecule has 21 heavy (non-hydrogen) atoms. The number of urea groups is 1. The van der Waals surface area contributed by atoms with Crippen molar-refractivity contribution in [2.45, 2.75) is 12.5 Å². The van der Waals surface area contributed by atoms with Gasteiger partial charge in [0.25, 0.3) is 0 Å². The summed E-state index contributed by atoms with van der Waals surface area (Å²) < 4.78 is 0. The molecule has 0 spiro atoms. The molecule has 3 rings (SSSR count). The SMILES string of the molecule is [C-]#[N+]c1cncc([C@@H]2CC=NN2C(=O)N2CCNCC2)c1. The maximum Gasteiger partial charge on any atom is 0.341 e. The lowest BCUT2D eigenvalue weighted by Gasteiger charge is -2.32. The average Bonchev–Trinajstić information content (AvgIpc) is 3.04. The second-order valence-electron chi connectivity index (χ2n) is 5.00. The first kappa shape index (κ1) is 13.5. The van der Waals surface area contributed by atoms with Crippen molar-refractivity contribution in [2.24, 2.45) is 5.10 Å². The van der Waals surface area contributed by atoms with Gasteiger partial charge in [-0.05, 0) is 11.6 Å². The second-order valence-corrected chi connectivity index (χ2v) is 5.00. The van der Waals surface area contributed by atoms with Crippen molar-refractivity contribution in [1.82, 2.24) is 20.2 Å². The highest BCUT2D eigenvalue weighted by Gasteiger charge is 2.32. The predicted octanol–water partition coefficient (Wildman–Crippen LogP) is 1.39. The summed E-state index contributed by atoms with van der Waals surface area (Å²) in [5, 5.41) is 8.95. The van der Waals surface area contributed by atoms with Crippen LogP contribution in [0.15, 0.2) is 23.6 Å². The van der Waals surface area contributed by atoms with Crippen molar-refractivity contribution in [1.29, 1.82) is 0 Å². The molecular formula is C14H16N6O. The summed E-state index contributed by atoms with van der Waals surface area (Å²) in [4.78, 5) is 21.8. The third-order valence-corrected chi connectivity index (χ3v) is 3.67. The Morgan fingerprint density at radius 2 is 2.19 bits per heavy atom. The Bertz CT molecular complexity index is 602. The first-order valence-electron chi connectivity index (χ1n) is 6.93. The second kappa shape index (κ2) is 5.89. The Balaban J connectivity index is 1.79. The van der Waals surface area contributed by atoms with Gasteiger partial charge in [-0.25, -0.2) is 14.6 Å². The molecule has 0 unspecified atom stereocenters. The molecule has 2 aliphatic heterocycles. The molecule has 1 atom stereocenters. The van der Waals surface area contributed by atoms with Gasteiger partial charge >= 0.3 is 6.03 Å². The standard InChI is InChI=1S/C14H16N6O/c1-15-12-8-11(9-17-10-12)13-2-3-18-20(13)14(21)19-6-4-16-5-7-19/h3,8-10,13,16H,2,4-7H2/t13-/m0/s1. The van der Waals surface area contributed by atoms with Crippen molar-refractivity contribution in [3.63, 3.8) is 0 Å². The summed E-state index contributed by atoms with van der Waals surface area (Å²) in [6.07, 6.45) is 5.62. The van der Waals surface area contributed by atoms with Crippen LogP contribution in [0.3, 0.4) is 0 Å². The smallest absolute Gasteiger partial charge is 0.321 e. The predicted molar refractivity (Wildman–Crippen MR) is 78.0 cm³/mol. The van der Waals surface area contributed by atoms with Crippen LogP contribution in [-0.2, 0) is 0 Å². The molecule has 0 saturated carbocycles. The van der Waals surface area contributed by atoms with Crippen molar-refractivity contribution < 1.29 is 4.79 Å². The number of hydrogen-bond donors (Lipinski definition) is 1. The lowest BCUT2D eigenvalue weighted by Crippen LogP contribution is -2.50. The lowest BCUT2D eigenvalue weighted by atomic mass is 10.1. The summed E-state index contributed by atoms with van der Waals surface area (Å²) in [6, 6.07) is 1.53. The molecule has 1 fully saturated rings. The Labute approximate surface area is 123 Å². The number of hydrazone groups is 1. The minimum Gasteiger partial charge on any atom is -0.321 e. The third-order valence-electron chi connectivity index (χ3n) is 3.67. The van der Waals surface area contributed by atoms with E-state index in [2.05, 4.69) is 20.2 Å². The van der Waals surface area contributed by atoms with Gasteiger partial charge in [-0.2, -0.15) is 5.10 Å². The molecule has 7 heteroatoms. The summed E-state index contributed by atoms with van der Waals surface area (Å²) in [7, 11) is 0. The zero-order chi connectivity index (χ0) is 14.7. The van der Waals surface area contributed by atoms with Gasteiger partial charge in [0.2, 0.25) is 5.69 Å². The van der Waals surface area contributed by atoms with Gasteiger partial charge in [-0.1, -0.05) is 0 Å². The van der Waals surface area contributed by atoms with Crippen molar-refractivity contribution in [2.75, 3.05) is 26.2 Å². The third kappa shape index (κ3) is 2.71. The molecule has 1 aromatic rings. The quantitative estimate of drug-likeness (QED) is 0.793. The number of pyridine rings is 1. The van der Waals surface area contributed by atoms with E-state index in [4.69, 9.17) is 6.57 Å². The van der Waals surface area contributed by atoms with E-state index in [0.717, 1.165) is 18.7 Å². The minimum absolute atomic E-state index is 0.0801. The topological polar surface area (TPSA) is 65.2 Å². The molecule has 3 heterocycles. The van der Waals surface area contributed by atoms with Crippen LogP contribution in [0, 0.1) is 6.57 Å². The van der Waals surface area contributed by atoms with Gasteiger partial charge in [0.1, 0.15) is 0 Å². The zero-order valence-electron chi connectivity index (χ0n) is 11.6. The van der Waals surface area contributed by atoms with E-state index in [0.29, 0.717) is 25.2 Å². The number of amides is 2. The van der Waals surface area contributed by atoms with Crippen LogP contribution in [0.25, 0.3) is 4.85 Å². The fraction of sp³-hybridized carbons (Fsp3) is 0.429. The van der Waals surface area contributed by atoms with Gasteiger partial charge in [0.05, 0.1) is 12.6 Å².